The maximum atomic E-state index is 13.1. The van der Waals surface area contributed by atoms with Gasteiger partial charge in [-0.2, -0.15) is 0 Å². The van der Waals surface area contributed by atoms with Crippen LogP contribution in [0.1, 0.15) is 26.7 Å². The molecule has 0 aromatic heterocycles. The standard InChI is InChI=1S/C9H12F2O2/c1-5-8(6(12)13)3-9(5,4-8)7(2,10)11/h5H,3-4H2,1-2H3,(H,12,13). The zero-order valence-electron chi connectivity index (χ0n) is 7.60. The Morgan fingerprint density at radius 2 is 2.00 bits per heavy atom. The van der Waals surface area contributed by atoms with Gasteiger partial charge in [0.15, 0.2) is 0 Å². The Bertz CT molecular complexity index is 274. The van der Waals surface area contributed by atoms with E-state index in [0.717, 1.165) is 6.92 Å². The van der Waals surface area contributed by atoms with Gasteiger partial charge >= 0.3 is 5.97 Å². The van der Waals surface area contributed by atoms with Crippen LogP contribution in [0.5, 0.6) is 0 Å². The van der Waals surface area contributed by atoms with Crippen molar-refractivity contribution < 1.29 is 18.7 Å². The van der Waals surface area contributed by atoms with Crippen molar-refractivity contribution in [1.82, 2.24) is 0 Å². The number of alkyl halides is 2. The molecule has 3 aliphatic carbocycles. The summed E-state index contributed by atoms with van der Waals surface area (Å²) in [6.45, 7) is 2.52. The molecule has 0 spiro atoms. The molecule has 0 aromatic rings. The SMILES string of the molecule is CC1C2(C(=O)O)CC1(C(C)(F)F)C2. The molecule has 3 rings (SSSR count). The van der Waals surface area contributed by atoms with E-state index < -0.39 is 22.7 Å². The molecule has 1 N–H and O–H groups in total. The fourth-order valence-corrected chi connectivity index (χ4v) is 2.98. The van der Waals surface area contributed by atoms with Crippen LogP contribution in [0.3, 0.4) is 0 Å². The summed E-state index contributed by atoms with van der Waals surface area (Å²) in [5, 5.41) is 8.84. The van der Waals surface area contributed by atoms with E-state index in [9.17, 15) is 13.6 Å². The molecule has 0 amide bonds. The number of halogens is 2. The van der Waals surface area contributed by atoms with Crippen LogP contribution in [-0.2, 0) is 4.79 Å². The van der Waals surface area contributed by atoms with Gasteiger partial charge in [0.1, 0.15) is 0 Å². The zero-order valence-corrected chi connectivity index (χ0v) is 7.60. The predicted octanol–water partition coefficient (Wildman–Crippen LogP) is 2.14. The number of aliphatic carboxylic acids is 1. The van der Waals surface area contributed by atoms with Crippen LogP contribution < -0.4 is 0 Å². The average molecular weight is 190 g/mol. The maximum absolute atomic E-state index is 13.1. The summed E-state index contributed by atoms with van der Waals surface area (Å²) in [6.07, 6.45) is 0.306. The molecule has 3 fully saturated rings. The van der Waals surface area contributed by atoms with Gasteiger partial charge in [0, 0.05) is 5.41 Å². The van der Waals surface area contributed by atoms with E-state index in [2.05, 4.69) is 0 Å². The summed E-state index contributed by atoms with van der Waals surface area (Å²) in [5.74, 6) is -4.02. The molecule has 0 saturated heterocycles. The molecule has 3 saturated carbocycles. The molecule has 0 aromatic carbocycles. The normalized spacial score (nSPS) is 47.8. The molecule has 1 atom stereocenters. The molecule has 2 bridgehead atoms. The van der Waals surface area contributed by atoms with Crippen molar-refractivity contribution in [3.8, 4) is 0 Å². The van der Waals surface area contributed by atoms with E-state index >= 15 is 0 Å². The predicted molar refractivity (Wildman–Crippen MR) is 41.5 cm³/mol. The van der Waals surface area contributed by atoms with Crippen molar-refractivity contribution in [3.05, 3.63) is 0 Å². The molecule has 13 heavy (non-hydrogen) atoms. The second kappa shape index (κ2) is 1.88. The lowest BCUT2D eigenvalue weighted by molar-refractivity contribution is -0.345. The van der Waals surface area contributed by atoms with E-state index in [1.165, 1.54) is 0 Å². The fraction of sp³-hybridized carbons (Fsp3) is 0.889. The third-order valence-corrected chi connectivity index (χ3v) is 4.22. The lowest BCUT2D eigenvalue weighted by Gasteiger charge is -2.74. The van der Waals surface area contributed by atoms with Crippen LogP contribution >= 0.6 is 0 Å². The first kappa shape index (κ1) is 8.91. The lowest BCUT2D eigenvalue weighted by Crippen LogP contribution is -2.77. The first-order valence-corrected chi connectivity index (χ1v) is 4.37. The third kappa shape index (κ3) is 0.671. The third-order valence-electron chi connectivity index (χ3n) is 4.22. The fourth-order valence-electron chi connectivity index (χ4n) is 2.98. The van der Waals surface area contributed by atoms with E-state index in [0.29, 0.717) is 0 Å². The van der Waals surface area contributed by atoms with E-state index in [4.69, 9.17) is 5.11 Å². The number of carboxylic acids is 1. The van der Waals surface area contributed by atoms with E-state index in [1.54, 1.807) is 6.92 Å². The second-order valence-electron chi connectivity index (χ2n) is 4.58. The Balaban J connectivity index is 2.21. The van der Waals surface area contributed by atoms with Gasteiger partial charge in [0.2, 0.25) is 0 Å². The van der Waals surface area contributed by atoms with Crippen LogP contribution in [0.15, 0.2) is 0 Å². The van der Waals surface area contributed by atoms with Crippen LogP contribution in [0.4, 0.5) is 8.78 Å². The van der Waals surface area contributed by atoms with E-state index in [1.807, 2.05) is 0 Å². The van der Waals surface area contributed by atoms with Gasteiger partial charge in [-0.1, -0.05) is 6.92 Å². The highest BCUT2D eigenvalue weighted by molar-refractivity contribution is 5.80. The molecular formula is C9H12F2O2. The summed E-state index contributed by atoms with van der Waals surface area (Å²) in [6, 6.07) is 0. The molecule has 2 nitrogen and oxygen atoms in total. The Morgan fingerprint density at radius 1 is 1.54 bits per heavy atom. The molecule has 3 aliphatic rings. The molecule has 74 valence electrons. The van der Waals surface area contributed by atoms with Crippen LogP contribution in [0.2, 0.25) is 0 Å². The summed E-state index contributed by atoms with van der Waals surface area (Å²) in [7, 11) is 0. The van der Waals surface area contributed by atoms with Gasteiger partial charge in [0.05, 0.1) is 5.41 Å². The Kier molecular flexibility index (Phi) is 1.29. The minimum Gasteiger partial charge on any atom is -0.481 e. The van der Waals surface area contributed by atoms with Gasteiger partial charge < -0.3 is 5.11 Å². The van der Waals surface area contributed by atoms with Crippen molar-refractivity contribution in [2.75, 3.05) is 0 Å². The van der Waals surface area contributed by atoms with Crippen LogP contribution in [-0.4, -0.2) is 17.0 Å². The number of carbonyl (C=O) groups is 1. The Morgan fingerprint density at radius 3 is 2.23 bits per heavy atom. The van der Waals surface area contributed by atoms with Gasteiger partial charge in [0.25, 0.3) is 5.92 Å². The molecule has 0 heterocycles. The Hall–Kier alpha value is -0.670. The topological polar surface area (TPSA) is 37.3 Å². The van der Waals surface area contributed by atoms with Crippen molar-refractivity contribution in [2.45, 2.75) is 32.6 Å². The monoisotopic (exact) mass is 190 g/mol. The van der Waals surface area contributed by atoms with Crippen molar-refractivity contribution in [3.63, 3.8) is 0 Å². The molecule has 0 radical (unpaired) electrons. The highest BCUT2D eigenvalue weighted by Crippen LogP contribution is 2.81. The number of hydrogen-bond acceptors (Lipinski definition) is 1. The zero-order chi connectivity index (χ0) is 10.1. The number of hydrogen-bond donors (Lipinski definition) is 1. The van der Waals surface area contributed by atoms with Crippen LogP contribution in [0.25, 0.3) is 0 Å². The maximum Gasteiger partial charge on any atom is 0.309 e. The summed E-state index contributed by atoms with van der Waals surface area (Å²) < 4.78 is 26.2. The van der Waals surface area contributed by atoms with Crippen molar-refractivity contribution in [2.24, 2.45) is 16.7 Å². The van der Waals surface area contributed by atoms with Gasteiger partial charge in [-0.3, -0.25) is 4.79 Å². The number of carboxylic acid groups (broad SMARTS) is 1. The first-order chi connectivity index (χ1) is 5.76. The second-order valence-corrected chi connectivity index (χ2v) is 4.58. The van der Waals surface area contributed by atoms with Crippen LogP contribution in [0, 0.1) is 16.7 Å². The largest absolute Gasteiger partial charge is 0.481 e. The molecule has 4 heteroatoms. The van der Waals surface area contributed by atoms with Gasteiger partial charge in [-0.15, -0.1) is 0 Å². The van der Waals surface area contributed by atoms with Gasteiger partial charge in [-0.25, -0.2) is 8.78 Å². The average Bonchev–Trinajstić information content (AvgIpc) is 1.79. The summed E-state index contributed by atoms with van der Waals surface area (Å²) >= 11 is 0. The molecule has 0 aliphatic heterocycles. The quantitative estimate of drug-likeness (QED) is 0.724. The van der Waals surface area contributed by atoms with Crippen molar-refractivity contribution in [1.29, 1.82) is 0 Å². The van der Waals surface area contributed by atoms with Crippen molar-refractivity contribution >= 4 is 5.97 Å². The minimum atomic E-state index is -2.73. The Labute approximate surface area is 74.9 Å². The smallest absolute Gasteiger partial charge is 0.309 e. The minimum absolute atomic E-state index is 0.153. The summed E-state index contributed by atoms with van der Waals surface area (Å²) in [4.78, 5) is 10.8. The molecular weight excluding hydrogens is 178 g/mol. The lowest BCUT2D eigenvalue weighted by atomic mass is 9.28. The highest BCUT2D eigenvalue weighted by Gasteiger charge is 2.83. The number of rotatable bonds is 2. The highest BCUT2D eigenvalue weighted by atomic mass is 19.3. The molecule has 1 unspecified atom stereocenters. The van der Waals surface area contributed by atoms with Gasteiger partial charge in [-0.05, 0) is 25.7 Å². The summed E-state index contributed by atoms with van der Waals surface area (Å²) in [5.41, 5.74) is -1.83. The first-order valence-electron chi connectivity index (χ1n) is 4.37. The van der Waals surface area contributed by atoms with E-state index in [-0.39, 0.29) is 18.8 Å².